The quantitative estimate of drug-likeness (QED) is 0.803. The molecule has 0 unspecified atom stereocenters. The highest BCUT2D eigenvalue weighted by molar-refractivity contribution is 5.77. The van der Waals surface area contributed by atoms with Crippen molar-refractivity contribution in [1.29, 1.82) is 0 Å². The molecule has 5 heteroatoms. The van der Waals surface area contributed by atoms with Crippen LogP contribution in [0.5, 0.6) is 0 Å². The predicted molar refractivity (Wildman–Crippen MR) is 89.3 cm³/mol. The van der Waals surface area contributed by atoms with Gasteiger partial charge >= 0.3 is 0 Å². The molecular weight excluding hydrogens is 288 g/mol. The first-order chi connectivity index (χ1) is 11.2. The molecule has 0 bridgehead atoms. The van der Waals surface area contributed by atoms with Gasteiger partial charge in [-0.2, -0.15) is 0 Å². The number of nitrogens with one attached hydrogen (secondary N) is 1. The molecule has 3 heterocycles. The first kappa shape index (κ1) is 14.5. The molecule has 23 heavy (non-hydrogen) atoms. The van der Waals surface area contributed by atoms with Gasteiger partial charge in [-0.25, -0.2) is 0 Å². The summed E-state index contributed by atoms with van der Waals surface area (Å²) in [7, 11) is 0. The van der Waals surface area contributed by atoms with E-state index in [1.54, 1.807) is 0 Å². The first-order valence-corrected chi connectivity index (χ1v) is 8.33. The van der Waals surface area contributed by atoms with Crippen LogP contribution in [0.15, 0.2) is 34.7 Å². The van der Waals surface area contributed by atoms with Crippen LogP contribution in [-0.2, 0) is 19.5 Å². The highest BCUT2D eigenvalue weighted by atomic mass is 16.3. The topological polar surface area (TPSA) is 55.9 Å². The van der Waals surface area contributed by atoms with Gasteiger partial charge in [0.05, 0.1) is 6.54 Å². The van der Waals surface area contributed by atoms with E-state index in [1.165, 1.54) is 0 Å². The molecular formula is C18H22N4O. The average molecular weight is 310 g/mol. The molecule has 1 aromatic carbocycles. The van der Waals surface area contributed by atoms with Crippen molar-refractivity contribution in [2.75, 3.05) is 0 Å². The second-order valence-electron chi connectivity index (χ2n) is 6.61. The van der Waals surface area contributed by atoms with Gasteiger partial charge in [-0.3, -0.25) is 0 Å². The number of aromatic nitrogens is 3. The largest absolute Gasteiger partial charge is 0.460 e. The molecule has 1 aliphatic heterocycles. The zero-order chi connectivity index (χ0) is 15.8. The summed E-state index contributed by atoms with van der Waals surface area (Å²) in [5, 5.41) is 13.5. The minimum atomic E-state index is 0.408. The lowest BCUT2D eigenvalue weighted by Crippen LogP contribution is -2.37. The lowest BCUT2D eigenvalue weighted by Gasteiger charge is -2.25. The van der Waals surface area contributed by atoms with E-state index in [0.29, 0.717) is 12.0 Å². The van der Waals surface area contributed by atoms with Crippen LogP contribution in [0.3, 0.4) is 0 Å². The number of aryl methyl sites for hydroxylation is 1. The van der Waals surface area contributed by atoms with Gasteiger partial charge in [0.25, 0.3) is 0 Å². The zero-order valence-corrected chi connectivity index (χ0v) is 13.6. The van der Waals surface area contributed by atoms with Gasteiger partial charge in [0.1, 0.15) is 23.0 Å². The fourth-order valence-corrected chi connectivity index (χ4v) is 3.31. The molecule has 3 aromatic rings. The molecule has 120 valence electrons. The Labute approximate surface area is 135 Å². The van der Waals surface area contributed by atoms with E-state index in [-0.39, 0.29) is 0 Å². The Bertz CT molecular complexity index is 784. The summed E-state index contributed by atoms with van der Waals surface area (Å²) in [6.45, 7) is 6.04. The van der Waals surface area contributed by atoms with Crippen LogP contribution in [0.1, 0.15) is 43.6 Å². The smallest absolute Gasteiger partial charge is 0.135 e. The molecule has 1 N–H and O–H groups in total. The van der Waals surface area contributed by atoms with Gasteiger partial charge in [-0.1, -0.05) is 32.0 Å². The number of nitrogens with zero attached hydrogens (tertiary/aromatic N) is 3. The van der Waals surface area contributed by atoms with E-state index in [4.69, 9.17) is 4.42 Å². The van der Waals surface area contributed by atoms with Crippen LogP contribution < -0.4 is 5.32 Å². The number of para-hydroxylation sites is 1. The molecule has 0 saturated carbocycles. The van der Waals surface area contributed by atoms with Crippen molar-refractivity contribution < 1.29 is 4.42 Å². The van der Waals surface area contributed by atoms with E-state index in [2.05, 4.69) is 46.1 Å². The van der Waals surface area contributed by atoms with Gasteiger partial charge in [0.2, 0.25) is 0 Å². The third-order valence-corrected chi connectivity index (χ3v) is 4.53. The van der Waals surface area contributed by atoms with E-state index in [1.807, 2.05) is 18.2 Å². The Morgan fingerprint density at radius 3 is 3.00 bits per heavy atom. The second-order valence-corrected chi connectivity index (χ2v) is 6.61. The normalized spacial score (nSPS) is 17.8. The molecule has 4 rings (SSSR count). The molecule has 1 aliphatic rings. The average Bonchev–Trinajstić information content (AvgIpc) is 3.15. The van der Waals surface area contributed by atoms with Crippen LogP contribution in [-0.4, -0.2) is 20.8 Å². The van der Waals surface area contributed by atoms with E-state index >= 15 is 0 Å². The minimum Gasteiger partial charge on any atom is -0.460 e. The fraction of sp³-hybridized carbons (Fsp3) is 0.444. The first-order valence-electron chi connectivity index (χ1n) is 8.33. The predicted octanol–water partition coefficient (Wildman–Crippen LogP) is 3.25. The number of fused-ring (bicyclic) bond motifs is 2. The van der Waals surface area contributed by atoms with Crippen LogP contribution in [0.4, 0.5) is 0 Å². The van der Waals surface area contributed by atoms with Crippen molar-refractivity contribution in [2.45, 2.75) is 51.7 Å². The summed E-state index contributed by atoms with van der Waals surface area (Å²) in [6, 6.07) is 10.7. The number of furan rings is 1. The number of hydrogen-bond acceptors (Lipinski definition) is 4. The Kier molecular flexibility index (Phi) is 3.65. The molecule has 5 nitrogen and oxygen atoms in total. The summed E-state index contributed by atoms with van der Waals surface area (Å²) in [6.07, 6.45) is 2.08. The van der Waals surface area contributed by atoms with E-state index in [0.717, 1.165) is 54.3 Å². The van der Waals surface area contributed by atoms with Crippen molar-refractivity contribution >= 4 is 11.0 Å². The molecule has 0 aliphatic carbocycles. The van der Waals surface area contributed by atoms with Gasteiger partial charge in [0, 0.05) is 30.3 Å². The van der Waals surface area contributed by atoms with Crippen LogP contribution in [0, 0.1) is 0 Å². The standard InChI is InChI=1S/C18H22N4O/c1-12(2)18-21-20-17-8-7-14(11-22(17)18)19-10-15-9-13-5-3-4-6-16(13)23-15/h3-6,9,12,14,19H,7-8,10-11H2,1-2H3/t14-/m1/s1. The van der Waals surface area contributed by atoms with Gasteiger partial charge in [0.15, 0.2) is 0 Å². The van der Waals surface area contributed by atoms with Crippen LogP contribution in [0.25, 0.3) is 11.0 Å². The Morgan fingerprint density at radius 1 is 1.30 bits per heavy atom. The highest BCUT2D eigenvalue weighted by Crippen LogP contribution is 2.22. The molecule has 0 spiro atoms. The third-order valence-electron chi connectivity index (χ3n) is 4.53. The Balaban J connectivity index is 1.44. The number of benzene rings is 1. The molecule has 0 saturated heterocycles. The van der Waals surface area contributed by atoms with Crippen LogP contribution in [0.2, 0.25) is 0 Å². The summed E-state index contributed by atoms with van der Waals surface area (Å²) < 4.78 is 8.16. The Hall–Kier alpha value is -2.14. The molecule has 1 atom stereocenters. The maximum Gasteiger partial charge on any atom is 0.135 e. The van der Waals surface area contributed by atoms with Crippen LogP contribution >= 0.6 is 0 Å². The Morgan fingerprint density at radius 2 is 2.17 bits per heavy atom. The SMILES string of the molecule is CC(C)c1nnc2n1C[C@H](NCc1cc3ccccc3o1)CC2. The van der Waals surface area contributed by atoms with Crippen molar-refractivity contribution in [2.24, 2.45) is 0 Å². The number of hydrogen-bond donors (Lipinski definition) is 1. The summed E-state index contributed by atoms with van der Waals surface area (Å²) in [4.78, 5) is 0. The zero-order valence-electron chi connectivity index (χ0n) is 13.6. The lowest BCUT2D eigenvalue weighted by molar-refractivity contribution is 0.358. The summed E-state index contributed by atoms with van der Waals surface area (Å²) >= 11 is 0. The third kappa shape index (κ3) is 2.77. The van der Waals surface area contributed by atoms with Crippen molar-refractivity contribution in [3.05, 3.63) is 47.7 Å². The van der Waals surface area contributed by atoms with E-state index < -0.39 is 0 Å². The molecule has 0 amide bonds. The van der Waals surface area contributed by atoms with Gasteiger partial charge < -0.3 is 14.3 Å². The lowest BCUT2D eigenvalue weighted by atomic mass is 10.1. The second kappa shape index (κ2) is 5.81. The molecule has 0 radical (unpaired) electrons. The maximum absolute atomic E-state index is 5.88. The van der Waals surface area contributed by atoms with Gasteiger partial charge in [-0.05, 0) is 18.6 Å². The van der Waals surface area contributed by atoms with E-state index in [9.17, 15) is 0 Å². The van der Waals surface area contributed by atoms with Gasteiger partial charge in [-0.15, -0.1) is 10.2 Å². The highest BCUT2D eigenvalue weighted by Gasteiger charge is 2.23. The van der Waals surface area contributed by atoms with Crippen molar-refractivity contribution in [1.82, 2.24) is 20.1 Å². The monoisotopic (exact) mass is 310 g/mol. The molecule has 2 aromatic heterocycles. The minimum absolute atomic E-state index is 0.408. The number of rotatable bonds is 4. The maximum atomic E-state index is 5.88. The summed E-state index contributed by atoms with van der Waals surface area (Å²) in [5.74, 6) is 3.61. The fourth-order valence-electron chi connectivity index (χ4n) is 3.31. The van der Waals surface area contributed by atoms with Crippen molar-refractivity contribution in [3.8, 4) is 0 Å². The van der Waals surface area contributed by atoms with Crippen molar-refractivity contribution in [3.63, 3.8) is 0 Å². The molecule has 0 fully saturated rings. The summed E-state index contributed by atoms with van der Waals surface area (Å²) in [5.41, 5.74) is 0.955.